The fourth-order valence-electron chi connectivity index (χ4n) is 0.521. The van der Waals surface area contributed by atoms with Gasteiger partial charge in [0.05, 0.1) is 6.61 Å². The molecule has 1 unspecified atom stereocenters. The quantitative estimate of drug-likeness (QED) is 0.194. The van der Waals surface area contributed by atoms with Gasteiger partial charge in [-0.1, -0.05) is 6.92 Å². The lowest BCUT2D eigenvalue weighted by molar-refractivity contribution is 0.0228. The highest BCUT2D eigenvalue weighted by Crippen LogP contribution is 1.86. The summed E-state index contributed by atoms with van der Waals surface area (Å²) in [5.74, 6) is -0.0258. The first-order valence-electron chi connectivity index (χ1n) is 4.12. The molecule has 5 N–H and O–H groups in total. The second-order valence-electron chi connectivity index (χ2n) is 2.62. The summed E-state index contributed by atoms with van der Waals surface area (Å²) in [6, 6.07) is 0.363. The molecule has 0 aromatic heterocycles. The molecule has 12 heavy (non-hydrogen) atoms. The van der Waals surface area contributed by atoms with E-state index in [1.807, 2.05) is 6.92 Å². The number of nitrogens with one attached hydrogen (secondary N) is 3. The van der Waals surface area contributed by atoms with E-state index < -0.39 is 0 Å². The predicted molar refractivity (Wildman–Crippen MR) is 48.8 cm³/mol. The lowest BCUT2D eigenvalue weighted by atomic mass is 10.3. The van der Waals surface area contributed by atoms with Crippen molar-refractivity contribution < 1.29 is 4.84 Å². The highest BCUT2D eigenvalue weighted by Gasteiger charge is 1.95. The molecule has 0 aliphatic rings. The van der Waals surface area contributed by atoms with Gasteiger partial charge < -0.3 is 11.1 Å². The fourth-order valence-corrected chi connectivity index (χ4v) is 0.521. The minimum Gasteiger partial charge on any atom is -0.370 e. The van der Waals surface area contributed by atoms with Crippen molar-refractivity contribution in [2.45, 2.75) is 26.3 Å². The maximum absolute atomic E-state index is 6.84. The van der Waals surface area contributed by atoms with E-state index >= 15 is 0 Å². The second kappa shape index (κ2) is 6.87. The summed E-state index contributed by atoms with van der Waals surface area (Å²) in [6.07, 6.45) is 1.03. The van der Waals surface area contributed by atoms with Gasteiger partial charge in [-0.15, -0.1) is 0 Å². The van der Waals surface area contributed by atoms with Gasteiger partial charge in [-0.3, -0.25) is 10.2 Å². The molecule has 0 amide bonds. The molecule has 0 radical (unpaired) electrons. The van der Waals surface area contributed by atoms with E-state index in [1.54, 1.807) is 0 Å². The van der Waals surface area contributed by atoms with Gasteiger partial charge in [-0.05, 0) is 13.3 Å². The number of hydrogen-bond acceptors (Lipinski definition) is 3. The Kier molecular flexibility index (Phi) is 6.41. The molecule has 5 nitrogen and oxygen atoms in total. The minimum atomic E-state index is -0.0258. The third kappa shape index (κ3) is 7.30. The summed E-state index contributed by atoms with van der Waals surface area (Å²) in [7, 11) is 0. The van der Waals surface area contributed by atoms with Crippen molar-refractivity contribution in [3.63, 3.8) is 0 Å². The number of nitrogens with two attached hydrogens (primary N) is 1. The van der Waals surface area contributed by atoms with Gasteiger partial charge in [0.25, 0.3) is 0 Å². The maximum Gasteiger partial charge on any atom is 0.185 e. The van der Waals surface area contributed by atoms with Gasteiger partial charge in [0.15, 0.2) is 5.96 Å². The van der Waals surface area contributed by atoms with Crippen LogP contribution in [-0.2, 0) is 4.84 Å². The first-order chi connectivity index (χ1) is 5.66. The SMILES string of the molecule is CCC(C)NOCCNC(=N)N. The fraction of sp³-hybridized carbons (Fsp3) is 0.857. The Morgan fingerprint density at radius 3 is 2.83 bits per heavy atom. The number of rotatable bonds is 6. The molecule has 0 bridgehead atoms. The molecule has 0 aromatic rings. The maximum atomic E-state index is 6.84. The molecule has 72 valence electrons. The van der Waals surface area contributed by atoms with Gasteiger partial charge in [0.2, 0.25) is 0 Å². The molecule has 0 heterocycles. The van der Waals surface area contributed by atoms with Gasteiger partial charge in [-0.25, -0.2) is 0 Å². The molecule has 0 aliphatic carbocycles. The molecular formula is C7H18N4O. The number of hydroxylamine groups is 1. The van der Waals surface area contributed by atoms with Crippen molar-refractivity contribution in [2.24, 2.45) is 5.73 Å². The van der Waals surface area contributed by atoms with Crippen LogP contribution < -0.4 is 16.5 Å². The Balaban J connectivity index is 3.05. The number of hydrogen-bond donors (Lipinski definition) is 4. The Labute approximate surface area is 73.1 Å². The molecule has 0 fully saturated rings. The van der Waals surface area contributed by atoms with Crippen molar-refractivity contribution in [2.75, 3.05) is 13.2 Å². The van der Waals surface area contributed by atoms with Gasteiger partial charge in [-0.2, -0.15) is 5.48 Å². The minimum absolute atomic E-state index is 0.0258. The molecular weight excluding hydrogens is 156 g/mol. The van der Waals surface area contributed by atoms with Crippen LogP contribution in [0.4, 0.5) is 0 Å². The summed E-state index contributed by atoms with van der Waals surface area (Å²) in [5, 5.41) is 9.47. The topological polar surface area (TPSA) is 83.2 Å². The Morgan fingerprint density at radius 1 is 1.67 bits per heavy atom. The molecule has 0 aromatic carbocycles. The van der Waals surface area contributed by atoms with Crippen LogP contribution >= 0.6 is 0 Å². The second-order valence-corrected chi connectivity index (χ2v) is 2.62. The molecule has 0 rings (SSSR count). The highest BCUT2D eigenvalue weighted by molar-refractivity contribution is 5.74. The summed E-state index contributed by atoms with van der Waals surface area (Å²) in [6.45, 7) is 5.18. The van der Waals surface area contributed by atoms with Crippen molar-refractivity contribution in [1.82, 2.24) is 10.8 Å². The van der Waals surface area contributed by atoms with Crippen LogP contribution in [0.2, 0.25) is 0 Å². The molecule has 0 spiro atoms. The molecule has 0 aliphatic heterocycles. The van der Waals surface area contributed by atoms with Crippen molar-refractivity contribution in [1.29, 1.82) is 5.41 Å². The Bertz CT molecular complexity index is 129. The van der Waals surface area contributed by atoms with Crippen LogP contribution in [0.5, 0.6) is 0 Å². The zero-order valence-electron chi connectivity index (χ0n) is 7.68. The highest BCUT2D eigenvalue weighted by atomic mass is 16.6. The average Bonchev–Trinajstić information content (AvgIpc) is 2.03. The normalized spacial score (nSPS) is 12.5. The first kappa shape index (κ1) is 11.2. The van der Waals surface area contributed by atoms with Gasteiger partial charge in [0.1, 0.15) is 0 Å². The average molecular weight is 174 g/mol. The number of guanidine groups is 1. The van der Waals surface area contributed by atoms with E-state index in [-0.39, 0.29) is 5.96 Å². The van der Waals surface area contributed by atoms with E-state index in [0.29, 0.717) is 19.2 Å². The van der Waals surface area contributed by atoms with Crippen LogP contribution in [0, 0.1) is 5.41 Å². The van der Waals surface area contributed by atoms with E-state index in [4.69, 9.17) is 16.0 Å². The third-order valence-electron chi connectivity index (χ3n) is 1.42. The van der Waals surface area contributed by atoms with Crippen LogP contribution in [0.3, 0.4) is 0 Å². The standard InChI is InChI=1S/C7H18N4O/c1-3-6(2)11-12-5-4-10-7(8)9/h6,11H,3-5H2,1-2H3,(H4,8,9,10). The molecule has 5 heteroatoms. The summed E-state index contributed by atoms with van der Waals surface area (Å²) < 4.78 is 0. The van der Waals surface area contributed by atoms with Crippen LogP contribution in [0.25, 0.3) is 0 Å². The van der Waals surface area contributed by atoms with Crippen molar-refractivity contribution >= 4 is 5.96 Å². The monoisotopic (exact) mass is 174 g/mol. The van der Waals surface area contributed by atoms with Crippen molar-refractivity contribution in [3.8, 4) is 0 Å². The summed E-state index contributed by atoms with van der Waals surface area (Å²) >= 11 is 0. The van der Waals surface area contributed by atoms with E-state index in [9.17, 15) is 0 Å². The molecule has 0 saturated carbocycles. The van der Waals surface area contributed by atoms with Crippen molar-refractivity contribution in [3.05, 3.63) is 0 Å². The van der Waals surface area contributed by atoms with Crippen LogP contribution in [0.1, 0.15) is 20.3 Å². The lowest BCUT2D eigenvalue weighted by Crippen LogP contribution is -2.35. The summed E-state index contributed by atoms with van der Waals surface area (Å²) in [5.41, 5.74) is 7.91. The first-order valence-corrected chi connectivity index (χ1v) is 4.12. The van der Waals surface area contributed by atoms with E-state index in [2.05, 4.69) is 17.7 Å². The third-order valence-corrected chi connectivity index (χ3v) is 1.42. The van der Waals surface area contributed by atoms with Crippen LogP contribution in [0.15, 0.2) is 0 Å². The smallest absolute Gasteiger partial charge is 0.185 e. The molecule has 0 saturated heterocycles. The zero-order chi connectivity index (χ0) is 9.40. The van der Waals surface area contributed by atoms with Crippen LogP contribution in [-0.4, -0.2) is 25.2 Å². The molecule has 1 atom stereocenters. The Hall–Kier alpha value is -0.810. The van der Waals surface area contributed by atoms with E-state index in [1.165, 1.54) is 0 Å². The predicted octanol–water partition coefficient (Wildman–Crippen LogP) is -0.211. The van der Waals surface area contributed by atoms with Gasteiger partial charge in [0, 0.05) is 12.6 Å². The Morgan fingerprint density at radius 2 is 2.33 bits per heavy atom. The largest absolute Gasteiger partial charge is 0.370 e. The summed E-state index contributed by atoms with van der Waals surface area (Å²) in [4.78, 5) is 5.07. The van der Waals surface area contributed by atoms with E-state index in [0.717, 1.165) is 6.42 Å². The lowest BCUT2D eigenvalue weighted by Gasteiger charge is -2.11. The van der Waals surface area contributed by atoms with Gasteiger partial charge >= 0.3 is 0 Å². The zero-order valence-corrected chi connectivity index (χ0v) is 7.68.